The van der Waals surface area contributed by atoms with Gasteiger partial charge >= 0.3 is 0 Å². The van der Waals surface area contributed by atoms with Crippen LogP contribution in [-0.2, 0) is 11.2 Å². The Kier molecular flexibility index (Phi) is 5.30. The Hall–Kier alpha value is -1.46. The molecule has 19 heavy (non-hydrogen) atoms. The Balaban J connectivity index is 1.67. The van der Waals surface area contributed by atoms with Gasteiger partial charge in [-0.3, -0.25) is 10.0 Å². The van der Waals surface area contributed by atoms with Crippen molar-refractivity contribution < 1.29 is 10.0 Å². The molecule has 0 radical (unpaired) electrons. The summed E-state index contributed by atoms with van der Waals surface area (Å²) >= 11 is 1.76. The van der Waals surface area contributed by atoms with Crippen LogP contribution in [0.1, 0.15) is 37.1 Å². The van der Waals surface area contributed by atoms with Gasteiger partial charge in [0.15, 0.2) is 0 Å². The van der Waals surface area contributed by atoms with E-state index in [0.29, 0.717) is 6.42 Å². The van der Waals surface area contributed by atoms with Gasteiger partial charge < -0.3 is 0 Å². The normalized spacial score (nSPS) is 10.8. The second-order valence-corrected chi connectivity index (χ2v) is 5.64. The number of para-hydroxylation sites is 1. The van der Waals surface area contributed by atoms with Crippen molar-refractivity contribution in [1.29, 1.82) is 0 Å². The van der Waals surface area contributed by atoms with Gasteiger partial charge in [-0.1, -0.05) is 25.0 Å². The number of hydrogen-bond donors (Lipinski definition) is 2. The number of nitrogens with one attached hydrogen (secondary N) is 1. The molecule has 4 nitrogen and oxygen atoms in total. The van der Waals surface area contributed by atoms with Crippen LogP contribution >= 0.6 is 11.3 Å². The quantitative estimate of drug-likeness (QED) is 0.464. The van der Waals surface area contributed by atoms with Gasteiger partial charge in [-0.2, -0.15) is 0 Å². The van der Waals surface area contributed by atoms with Gasteiger partial charge in [-0.05, 0) is 31.4 Å². The van der Waals surface area contributed by atoms with E-state index in [2.05, 4.69) is 11.1 Å². The lowest BCUT2D eigenvalue weighted by molar-refractivity contribution is -0.129. The molecule has 1 aromatic heterocycles. The van der Waals surface area contributed by atoms with Crippen LogP contribution in [0.25, 0.3) is 10.2 Å². The molecule has 5 heteroatoms. The second-order valence-electron chi connectivity index (χ2n) is 4.52. The summed E-state index contributed by atoms with van der Waals surface area (Å²) in [6.07, 6.45) is 5.43. The zero-order valence-corrected chi connectivity index (χ0v) is 11.6. The van der Waals surface area contributed by atoms with Crippen molar-refractivity contribution in [2.75, 3.05) is 0 Å². The fourth-order valence-electron chi connectivity index (χ4n) is 2.00. The van der Waals surface area contributed by atoms with E-state index in [1.165, 1.54) is 9.71 Å². The lowest BCUT2D eigenvalue weighted by Gasteiger charge is -1.99. The first-order chi connectivity index (χ1) is 9.29. The highest BCUT2D eigenvalue weighted by Crippen LogP contribution is 2.22. The molecule has 0 fully saturated rings. The minimum Gasteiger partial charge on any atom is -0.289 e. The SMILES string of the molecule is O=C(CCCCCCc1nc2ccccc2s1)NO. The zero-order valence-electron chi connectivity index (χ0n) is 10.8. The van der Waals surface area contributed by atoms with Crippen molar-refractivity contribution in [3.63, 3.8) is 0 Å². The van der Waals surface area contributed by atoms with Gasteiger partial charge in [-0.15, -0.1) is 11.3 Å². The molecule has 0 saturated heterocycles. The highest BCUT2D eigenvalue weighted by molar-refractivity contribution is 7.18. The van der Waals surface area contributed by atoms with Crippen LogP contribution in [-0.4, -0.2) is 16.1 Å². The number of amides is 1. The number of carbonyl (C=O) groups is 1. The van der Waals surface area contributed by atoms with Crippen molar-refractivity contribution in [2.45, 2.75) is 38.5 Å². The van der Waals surface area contributed by atoms with Gasteiger partial charge in [-0.25, -0.2) is 10.5 Å². The summed E-state index contributed by atoms with van der Waals surface area (Å²) in [6.45, 7) is 0. The first-order valence-corrected chi connectivity index (χ1v) is 7.38. The van der Waals surface area contributed by atoms with E-state index in [0.717, 1.165) is 37.6 Å². The van der Waals surface area contributed by atoms with Gasteiger partial charge in [0.2, 0.25) is 5.91 Å². The molecule has 0 bridgehead atoms. The van der Waals surface area contributed by atoms with Crippen molar-refractivity contribution in [3.8, 4) is 0 Å². The zero-order chi connectivity index (χ0) is 13.5. The molecule has 2 aromatic rings. The van der Waals surface area contributed by atoms with E-state index >= 15 is 0 Å². The summed E-state index contributed by atoms with van der Waals surface area (Å²) in [4.78, 5) is 15.4. The number of fused-ring (bicyclic) bond motifs is 1. The molecular weight excluding hydrogens is 260 g/mol. The maximum atomic E-state index is 10.8. The van der Waals surface area contributed by atoms with Gasteiger partial charge in [0, 0.05) is 6.42 Å². The molecule has 2 rings (SSSR count). The van der Waals surface area contributed by atoms with E-state index in [-0.39, 0.29) is 5.91 Å². The molecule has 0 atom stereocenters. The Morgan fingerprint density at radius 3 is 2.79 bits per heavy atom. The molecule has 0 aliphatic rings. The molecule has 0 saturated carbocycles. The van der Waals surface area contributed by atoms with Crippen LogP contribution in [0, 0.1) is 0 Å². The van der Waals surface area contributed by atoms with Gasteiger partial charge in [0.1, 0.15) is 0 Å². The molecule has 0 unspecified atom stereocenters. The number of nitrogens with zero attached hydrogens (tertiary/aromatic N) is 1. The van der Waals surface area contributed by atoms with Crippen LogP contribution in [0.15, 0.2) is 24.3 Å². The third-order valence-corrected chi connectivity index (χ3v) is 4.10. The first kappa shape index (κ1) is 14.0. The molecule has 1 amide bonds. The van der Waals surface area contributed by atoms with E-state index < -0.39 is 0 Å². The number of unbranched alkanes of at least 4 members (excludes halogenated alkanes) is 3. The second kappa shape index (κ2) is 7.21. The fourth-order valence-corrected chi connectivity index (χ4v) is 3.01. The molecule has 0 aliphatic carbocycles. The molecule has 102 valence electrons. The molecule has 0 aliphatic heterocycles. The maximum absolute atomic E-state index is 10.8. The topological polar surface area (TPSA) is 62.2 Å². The Labute approximate surface area is 116 Å². The number of hydroxylamine groups is 1. The lowest BCUT2D eigenvalue weighted by Crippen LogP contribution is -2.17. The van der Waals surface area contributed by atoms with Crippen LogP contribution in [0.4, 0.5) is 0 Å². The summed E-state index contributed by atoms with van der Waals surface area (Å²) in [5, 5.41) is 9.54. The number of hydrogen-bond acceptors (Lipinski definition) is 4. The average Bonchev–Trinajstić information content (AvgIpc) is 2.84. The van der Waals surface area contributed by atoms with Crippen LogP contribution in [0.3, 0.4) is 0 Å². The van der Waals surface area contributed by atoms with Crippen molar-refractivity contribution in [3.05, 3.63) is 29.3 Å². The van der Waals surface area contributed by atoms with Crippen molar-refractivity contribution >= 4 is 27.5 Å². The number of aromatic nitrogens is 1. The first-order valence-electron chi connectivity index (χ1n) is 6.57. The monoisotopic (exact) mass is 278 g/mol. The number of aryl methyl sites for hydroxylation is 1. The third-order valence-electron chi connectivity index (χ3n) is 3.01. The van der Waals surface area contributed by atoms with E-state index in [4.69, 9.17) is 5.21 Å². The highest BCUT2D eigenvalue weighted by atomic mass is 32.1. The maximum Gasteiger partial charge on any atom is 0.243 e. The largest absolute Gasteiger partial charge is 0.289 e. The predicted molar refractivity (Wildman–Crippen MR) is 76.3 cm³/mol. The van der Waals surface area contributed by atoms with Gasteiger partial charge in [0.05, 0.1) is 15.2 Å². The highest BCUT2D eigenvalue weighted by Gasteiger charge is 2.03. The molecular formula is C14H18N2O2S. The summed E-state index contributed by atoms with van der Waals surface area (Å²) in [7, 11) is 0. The van der Waals surface area contributed by atoms with E-state index in [1.54, 1.807) is 16.8 Å². The predicted octanol–water partition coefficient (Wildman–Crippen LogP) is 3.29. The van der Waals surface area contributed by atoms with Gasteiger partial charge in [0.25, 0.3) is 0 Å². The smallest absolute Gasteiger partial charge is 0.243 e. The van der Waals surface area contributed by atoms with Crippen LogP contribution in [0.5, 0.6) is 0 Å². The Morgan fingerprint density at radius 1 is 1.21 bits per heavy atom. The minimum absolute atomic E-state index is 0.300. The van der Waals surface area contributed by atoms with Crippen molar-refractivity contribution in [1.82, 2.24) is 10.5 Å². The fraction of sp³-hybridized carbons (Fsp3) is 0.429. The number of carbonyl (C=O) groups excluding carboxylic acids is 1. The summed E-state index contributed by atoms with van der Waals surface area (Å²) in [5.41, 5.74) is 2.73. The molecule has 1 aromatic carbocycles. The Morgan fingerprint density at radius 2 is 2.00 bits per heavy atom. The number of rotatable bonds is 7. The summed E-state index contributed by atoms with van der Waals surface area (Å²) in [6, 6.07) is 8.20. The van der Waals surface area contributed by atoms with E-state index in [1.807, 2.05) is 18.2 Å². The van der Waals surface area contributed by atoms with Crippen molar-refractivity contribution in [2.24, 2.45) is 0 Å². The molecule has 0 spiro atoms. The minimum atomic E-state index is -0.300. The van der Waals surface area contributed by atoms with Crippen LogP contribution in [0.2, 0.25) is 0 Å². The standard InChI is InChI=1S/C14H18N2O2S/c17-13(16-18)9-3-1-2-4-10-14-15-11-7-5-6-8-12(11)19-14/h5-8,18H,1-4,9-10H2,(H,16,17). The number of benzene rings is 1. The average molecular weight is 278 g/mol. The third kappa shape index (κ3) is 4.29. The van der Waals surface area contributed by atoms with Crippen LogP contribution < -0.4 is 5.48 Å². The molecule has 2 N–H and O–H groups in total. The number of thiazole rings is 1. The summed E-state index contributed by atoms with van der Waals surface area (Å²) < 4.78 is 1.25. The lowest BCUT2D eigenvalue weighted by atomic mass is 10.1. The Bertz CT molecular complexity index is 506. The molecule has 1 heterocycles. The van der Waals surface area contributed by atoms with E-state index in [9.17, 15) is 4.79 Å². The summed E-state index contributed by atoms with van der Waals surface area (Å²) in [5.74, 6) is -0.300.